The molecule has 0 aliphatic carbocycles. The predicted molar refractivity (Wildman–Crippen MR) is 46.4 cm³/mol. The van der Waals surface area contributed by atoms with Crippen molar-refractivity contribution in [2.75, 3.05) is 0 Å². The van der Waals surface area contributed by atoms with Gasteiger partial charge < -0.3 is 9.90 Å². The minimum absolute atomic E-state index is 0. The van der Waals surface area contributed by atoms with Crippen molar-refractivity contribution in [1.29, 1.82) is 0 Å². The number of para-hydroxylation sites is 1. The van der Waals surface area contributed by atoms with Crippen LogP contribution in [0.3, 0.4) is 0 Å². The molecule has 1 rings (SSSR count). The first kappa shape index (κ1) is 14.1. The zero-order valence-corrected chi connectivity index (χ0v) is 10.3. The molecule has 0 heterocycles. The first-order valence-electron chi connectivity index (χ1n) is 4.03. The van der Waals surface area contributed by atoms with Gasteiger partial charge >= 0.3 is 29.6 Å². The number of carbonyl (C=O) groups is 1. The van der Waals surface area contributed by atoms with Gasteiger partial charge in [-0.3, -0.25) is 10.1 Å². The number of nitro groups is 1. The minimum atomic E-state index is -1.21. The van der Waals surface area contributed by atoms with E-state index in [1.54, 1.807) is 18.2 Å². The van der Waals surface area contributed by atoms with E-state index in [-0.39, 0.29) is 48.1 Å². The molecule has 0 saturated heterocycles. The van der Waals surface area contributed by atoms with E-state index >= 15 is 0 Å². The summed E-state index contributed by atoms with van der Waals surface area (Å²) in [5.74, 6) is -1.21. The van der Waals surface area contributed by atoms with Crippen LogP contribution < -0.4 is 34.7 Å². The van der Waals surface area contributed by atoms with Crippen LogP contribution in [0.2, 0.25) is 0 Å². The number of hydrogen-bond acceptors (Lipinski definition) is 4. The molecule has 0 saturated carbocycles. The summed E-state index contributed by atoms with van der Waals surface area (Å²) < 4.78 is 0. The number of aliphatic carboxylic acids is 1. The molecular weight excluding hydrogens is 209 g/mol. The number of carboxylic acids is 1. The van der Waals surface area contributed by atoms with Crippen molar-refractivity contribution >= 4 is 11.7 Å². The van der Waals surface area contributed by atoms with E-state index in [4.69, 9.17) is 0 Å². The average molecular weight is 217 g/mol. The summed E-state index contributed by atoms with van der Waals surface area (Å²) in [5, 5.41) is 20.7. The van der Waals surface area contributed by atoms with Gasteiger partial charge in [0.1, 0.15) is 0 Å². The molecule has 0 N–H and O–H groups in total. The standard InChI is InChI=1S/C9H9NO4.Na/c11-9(12)6-5-7-3-1-2-4-8(7)10(13)14;/h1-4H,5-6H2,(H,11,12);/q;+1/p-1. The third kappa shape index (κ3) is 4.42. The number of nitrogens with zero attached hydrogens (tertiary/aromatic N) is 1. The number of hydrogen-bond donors (Lipinski definition) is 0. The molecule has 0 bridgehead atoms. The van der Waals surface area contributed by atoms with Gasteiger partial charge in [-0.05, 0) is 12.8 Å². The van der Waals surface area contributed by atoms with Crippen LogP contribution in [0.25, 0.3) is 0 Å². The molecule has 5 nitrogen and oxygen atoms in total. The Morgan fingerprint density at radius 2 is 1.93 bits per heavy atom. The second kappa shape index (κ2) is 6.55. The molecule has 15 heavy (non-hydrogen) atoms. The average Bonchev–Trinajstić information content (AvgIpc) is 2.15. The van der Waals surface area contributed by atoms with Crippen molar-refractivity contribution in [3.8, 4) is 0 Å². The Balaban J connectivity index is 0.00000196. The van der Waals surface area contributed by atoms with E-state index < -0.39 is 10.9 Å². The molecule has 1 aromatic rings. The maximum absolute atomic E-state index is 10.5. The summed E-state index contributed by atoms with van der Waals surface area (Å²) in [6.07, 6.45) is -0.0790. The second-order valence-corrected chi connectivity index (χ2v) is 2.76. The Hall–Kier alpha value is -0.910. The summed E-state index contributed by atoms with van der Waals surface area (Å²) in [6, 6.07) is 6.07. The van der Waals surface area contributed by atoms with Crippen LogP contribution in [0.4, 0.5) is 5.69 Å². The van der Waals surface area contributed by atoms with Crippen molar-refractivity contribution < 1.29 is 44.4 Å². The summed E-state index contributed by atoms with van der Waals surface area (Å²) in [6.45, 7) is 0. The summed E-state index contributed by atoms with van der Waals surface area (Å²) in [7, 11) is 0. The van der Waals surface area contributed by atoms with Gasteiger partial charge in [-0.2, -0.15) is 0 Å². The zero-order valence-electron chi connectivity index (χ0n) is 8.30. The van der Waals surface area contributed by atoms with E-state index in [2.05, 4.69) is 0 Å². The Morgan fingerprint density at radius 1 is 1.33 bits per heavy atom. The van der Waals surface area contributed by atoms with Crippen LogP contribution in [0.15, 0.2) is 24.3 Å². The Labute approximate surface area is 109 Å². The third-order valence-corrected chi connectivity index (χ3v) is 1.79. The molecule has 0 aromatic heterocycles. The fourth-order valence-electron chi connectivity index (χ4n) is 1.14. The van der Waals surface area contributed by atoms with E-state index in [9.17, 15) is 20.0 Å². The molecule has 0 unspecified atom stereocenters. The first-order chi connectivity index (χ1) is 6.61. The maximum atomic E-state index is 10.5. The largest absolute Gasteiger partial charge is 1.00 e. The van der Waals surface area contributed by atoms with Gasteiger partial charge in [-0.1, -0.05) is 18.2 Å². The van der Waals surface area contributed by atoms with Crippen molar-refractivity contribution in [2.24, 2.45) is 0 Å². The van der Waals surface area contributed by atoms with Crippen LogP contribution in [0.5, 0.6) is 0 Å². The van der Waals surface area contributed by atoms with Crippen LogP contribution in [0, 0.1) is 10.1 Å². The molecule has 74 valence electrons. The van der Waals surface area contributed by atoms with Crippen LogP contribution in [0.1, 0.15) is 12.0 Å². The van der Waals surface area contributed by atoms with Gasteiger partial charge in [0, 0.05) is 17.6 Å². The van der Waals surface area contributed by atoms with Crippen molar-refractivity contribution in [3.63, 3.8) is 0 Å². The molecule has 0 radical (unpaired) electrons. The van der Waals surface area contributed by atoms with E-state index in [0.29, 0.717) is 5.56 Å². The minimum Gasteiger partial charge on any atom is -0.550 e. The normalized spacial score (nSPS) is 9.07. The Bertz CT molecular complexity index is 367. The number of benzene rings is 1. The Kier molecular flexibility index (Phi) is 6.15. The summed E-state index contributed by atoms with van der Waals surface area (Å²) in [5.41, 5.74) is 0.371. The van der Waals surface area contributed by atoms with Crippen LogP contribution >= 0.6 is 0 Å². The maximum Gasteiger partial charge on any atom is 1.00 e. The third-order valence-electron chi connectivity index (χ3n) is 1.79. The predicted octanol–water partition coefficient (Wildman–Crippen LogP) is -2.72. The molecular formula is C9H8NNaO4. The number of aryl methyl sites for hydroxylation is 1. The van der Waals surface area contributed by atoms with E-state index in [1.807, 2.05) is 0 Å². The molecule has 0 spiro atoms. The van der Waals surface area contributed by atoms with Gasteiger partial charge in [-0.25, -0.2) is 0 Å². The van der Waals surface area contributed by atoms with Gasteiger partial charge in [0.2, 0.25) is 0 Å². The van der Waals surface area contributed by atoms with Gasteiger partial charge in [0.15, 0.2) is 0 Å². The number of rotatable bonds is 4. The van der Waals surface area contributed by atoms with Crippen LogP contribution in [-0.2, 0) is 11.2 Å². The molecule has 0 aliphatic rings. The Morgan fingerprint density at radius 3 is 2.47 bits per heavy atom. The van der Waals surface area contributed by atoms with Gasteiger partial charge in [-0.15, -0.1) is 0 Å². The molecule has 0 fully saturated rings. The fraction of sp³-hybridized carbons (Fsp3) is 0.222. The van der Waals surface area contributed by atoms with Crippen molar-refractivity contribution in [3.05, 3.63) is 39.9 Å². The quantitative estimate of drug-likeness (QED) is 0.311. The molecule has 6 heteroatoms. The summed E-state index contributed by atoms with van der Waals surface area (Å²) >= 11 is 0. The zero-order chi connectivity index (χ0) is 10.6. The topological polar surface area (TPSA) is 83.3 Å². The number of carbonyl (C=O) groups excluding carboxylic acids is 1. The van der Waals surface area contributed by atoms with Gasteiger partial charge in [0.25, 0.3) is 5.69 Å². The van der Waals surface area contributed by atoms with E-state index in [1.165, 1.54) is 6.07 Å². The van der Waals surface area contributed by atoms with Crippen molar-refractivity contribution in [2.45, 2.75) is 12.8 Å². The summed E-state index contributed by atoms with van der Waals surface area (Å²) in [4.78, 5) is 20.2. The van der Waals surface area contributed by atoms with Gasteiger partial charge in [0.05, 0.1) is 4.92 Å². The molecule has 0 aliphatic heterocycles. The molecule has 0 amide bonds. The molecule has 1 aromatic carbocycles. The number of carboxylic acid groups (broad SMARTS) is 1. The fourth-order valence-corrected chi connectivity index (χ4v) is 1.14. The van der Waals surface area contributed by atoms with Crippen molar-refractivity contribution in [1.82, 2.24) is 0 Å². The SMILES string of the molecule is O=C([O-])CCc1ccccc1[N+](=O)[O-].[Na+]. The molecule has 0 atom stereocenters. The monoisotopic (exact) mass is 217 g/mol. The smallest absolute Gasteiger partial charge is 0.550 e. The van der Waals surface area contributed by atoms with Crippen LogP contribution in [-0.4, -0.2) is 10.9 Å². The van der Waals surface area contributed by atoms with E-state index in [0.717, 1.165) is 0 Å². The number of nitro benzene ring substituents is 1. The first-order valence-corrected chi connectivity index (χ1v) is 4.03. The second-order valence-electron chi connectivity index (χ2n) is 2.76.